The highest BCUT2D eigenvalue weighted by molar-refractivity contribution is 5.73. The van der Waals surface area contributed by atoms with Gasteiger partial charge in [0.2, 0.25) is 0 Å². The molecule has 2 nitrogen and oxygen atoms in total. The summed E-state index contributed by atoms with van der Waals surface area (Å²) in [5.74, 6) is 0. The van der Waals surface area contributed by atoms with E-state index in [1.807, 2.05) is 12.4 Å². The molecule has 10 heavy (non-hydrogen) atoms. The van der Waals surface area contributed by atoms with Crippen molar-refractivity contribution in [3.63, 3.8) is 0 Å². The predicted octanol–water partition coefficient (Wildman–Crippen LogP) is 0.848. The first-order valence-corrected chi connectivity index (χ1v) is 3.77. The van der Waals surface area contributed by atoms with Gasteiger partial charge in [0.15, 0.2) is 0 Å². The molecule has 1 atom stereocenters. The number of nitrogens with zero attached hydrogens (tertiary/aromatic N) is 1. The summed E-state index contributed by atoms with van der Waals surface area (Å²) in [4.78, 5) is 12.5. The molecule has 1 fully saturated rings. The molecule has 0 N–H and O–H groups in total. The molecule has 2 rings (SSSR count). The van der Waals surface area contributed by atoms with E-state index in [1.54, 1.807) is 0 Å². The molecule has 0 amide bonds. The highest BCUT2D eigenvalue weighted by Crippen LogP contribution is 2.29. The Hall–Kier alpha value is -0.790. The molecule has 2 heterocycles. The van der Waals surface area contributed by atoms with E-state index < -0.39 is 0 Å². The van der Waals surface area contributed by atoms with Gasteiger partial charge < -0.3 is 4.90 Å². The van der Waals surface area contributed by atoms with Gasteiger partial charge in [-0.3, -0.25) is 4.79 Å². The van der Waals surface area contributed by atoms with Crippen LogP contribution in [0.3, 0.4) is 0 Å². The SMILES string of the molecule is O=[C]C1=CCCC2CCN12. The van der Waals surface area contributed by atoms with Crippen molar-refractivity contribution in [1.29, 1.82) is 0 Å². The van der Waals surface area contributed by atoms with Crippen LogP contribution in [0.15, 0.2) is 11.8 Å². The van der Waals surface area contributed by atoms with E-state index in [0.717, 1.165) is 18.7 Å². The highest BCUT2D eigenvalue weighted by Gasteiger charge is 2.31. The molecule has 0 saturated carbocycles. The van der Waals surface area contributed by atoms with Gasteiger partial charge in [0.05, 0.1) is 5.70 Å². The van der Waals surface area contributed by atoms with Crippen LogP contribution in [0, 0.1) is 0 Å². The van der Waals surface area contributed by atoms with E-state index in [4.69, 9.17) is 0 Å². The fourth-order valence-electron chi connectivity index (χ4n) is 1.69. The molecule has 53 valence electrons. The molecule has 0 aromatic heterocycles. The topological polar surface area (TPSA) is 20.3 Å². The van der Waals surface area contributed by atoms with Crippen LogP contribution in [0.2, 0.25) is 0 Å². The molecule has 0 aromatic rings. The zero-order valence-electron chi connectivity index (χ0n) is 5.84. The van der Waals surface area contributed by atoms with Crippen molar-refractivity contribution in [3.05, 3.63) is 11.8 Å². The van der Waals surface area contributed by atoms with Crippen LogP contribution in [0.25, 0.3) is 0 Å². The zero-order valence-corrected chi connectivity index (χ0v) is 5.84. The summed E-state index contributed by atoms with van der Waals surface area (Å²) in [6.45, 7) is 1.06. The lowest BCUT2D eigenvalue weighted by Gasteiger charge is -2.44. The number of carbonyl (C=O) groups excluding carboxylic acids is 1. The van der Waals surface area contributed by atoms with Gasteiger partial charge >= 0.3 is 0 Å². The van der Waals surface area contributed by atoms with Crippen molar-refractivity contribution >= 4 is 6.29 Å². The van der Waals surface area contributed by atoms with Crippen molar-refractivity contribution in [1.82, 2.24) is 4.90 Å². The van der Waals surface area contributed by atoms with Gasteiger partial charge in [0.25, 0.3) is 6.29 Å². The molecule has 0 spiro atoms. The molecule has 2 heteroatoms. The van der Waals surface area contributed by atoms with E-state index in [9.17, 15) is 4.79 Å². The Labute approximate surface area is 60.5 Å². The second-order valence-corrected chi connectivity index (χ2v) is 2.90. The van der Waals surface area contributed by atoms with Gasteiger partial charge in [-0.15, -0.1) is 0 Å². The average Bonchev–Trinajstić information content (AvgIpc) is 1.91. The van der Waals surface area contributed by atoms with Gasteiger partial charge in [-0.1, -0.05) is 6.08 Å². The smallest absolute Gasteiger partial charge is 0.250 e. The first-order chi connectivity index (χ1) is 4.92. The van der Waals surface area contributed by atoms with E-state index in [2.05, 4.69) is 4.90 Å². The van der Waals surface area contributed by atoms with Gasteiger partial charge in [0, 0.05) is 12.6 Å². The minimum absolute atomic E-state index is 0.668. The van der Waals surface area contributed by atoms with Crippen LogP contribution in [-0.2, 0) is 4.79 Å². The maximum Gasteiger partial charge on any atom is 0.250 e. The summed E-state index contributed by atoms with van der Waals surface area (Å²) < 4.78 is 0. The molecule has 1 unspecified atom stereocenters. The minimum atomic E-state index is 0.668. The average molecular weight is 136 g/mol. The summed E-state index contributed by atoms with van der Waals surface area (Å²) in [6, 6.07) is 0.668. The summed E-state index contributed by atoms with van der Waals surface area (Å²) in [5.41, 5.74) is 0.794. The van der Waals surface area contributed by atoms with Crippen LogP contribution in [0.1, 0.15) is 19.3 Å². The van der Waals surface area contributed by atoms with Crippen molar-refractivity contribution in [2.45, 2.75) is 25.3 Å². The second-order valence-electron chi connectivity index (χ2n) is 2.90. The zero-order chi connectivity index (χ0) is 6.97. The van der Waals surface area contributed by atoms with Crippen LogP contribution in [-0.4, -0.2) is 23.8 Å². The number of hydrogen-bond acceptors (Lipinski definition) is 2. The summed E-state index contributed by atoms with van der Waals surface area (Å²) in [6.07, 6.45) is 7.51. The Kier molecular flexibility index (Phi) is 1.26. The van der Waals surface area contributed by atoms with Gasteiger partial charge in [-0.2, -0.15) is 0 Å². The standard InChI is InChI=1S/C8H10NO/c10-6-8-3-1-2-7-4-5-9(7)8/h3,7H,1-2,4-5H2. The Morgan fingerprint density at radius 3 is 3.00 bits per heavy atom. The van der Waals surface area contributed by atoms with Crippen LogP contribution in [0.4, 0.5) is 0 Å². The van der Waals surface area contributed by atoms with Crippen molar-refractivity contribution in [2.75, 3.05) is 6.54 Å². The lowest BCUT2D eigenvalue weighted by molar-refractivity contribution is 0.126. The third kappa shape index (κ3) is 0.681. The summed E-state index contributed by atoms with van der Waals surface area (Å²) in [5, 5.41) is 0. The molecule has 0 bridgehead atoms. The number of fused-ring (bicyclic) bond motifs is 1. The third-order valence-corrected chi connectivity index (χ3v) is 2.40. The van der Waals surface area contributed by atoms with Crippen molar-refractivity contribution in [3.8, 4) is 0 Å². The normalized spacial score (nSPS) is 30.2. The molecular weight excluding hydrogens is 126 g/mol. The van der Waals surface area contributed by atoms with Crippen LogP contribution < -0.4 is 0 Å². The Bertz CT molecular complexity index is 186. The molecular formula is C8H10NO. The fourth-order valence-corrected chi connectivity index (χ4v) is 1.69. The quantitative estimate of drug-likeness (QED) is 0.532. The van der Waals surface area contributed by atoms with Crippen LogP contribution in [0.5, 0.6) is 0 Å². The molecule has 0 aromatic carbocycles. The number of hydrogen-bond donors (Lipinski definition) is 0. The minimum Gasteiger partial charge on any atom is -0.365 e. The molecule has 2 aliphatic heterocycles. The molecule has 1 radical (unpaired) electrons. The first kappa shape index (κ1) is 5.96. The first-order valence-electron chi connectivity index (χ1n) is 3.77. The maximum absolute atomic E-state index is 10.3. The Morgan fingerprint density at radius 1 is 1.60 bits per heavy atom. The van der Waals surface area contributed by atoms with E-state index in [1.165, 1.54) is 12.8 Å². The summed E-state index contributed by atoms with van der Waals surface area (Å²) in [7, 11) is 0. The van der Waals surface area contributed by atoms with Gasteiger partial charge in [-0.25, -0.2) is 0 Å². The number of allylic oxidation sites excluding steroid dienone is 2. The molecule has 2 aliphatic rings. The predicted molar refractivity (Wildman–Crippen MR) is 38.1 cm³/mol. The largest absolute Gasteiger partial charge is 0.365 e. The Balaban J connectivity index is 2.16. The van der Waals surface area contributed by atoms with E-state index in [0.29, 0.717) is 6.04 Å². The second kappa shape index (κ2) is 2.11. The highest BCUT2D eigenvalue weighted by atomic mass is 16.1. The van der Waals surface area contributed by atoms with Crippen molar-refractivity contribution < 1.29 is 4.79 Å². The fraction of sp³-hybridized carbons (Fsp3) is 0.625. The van der Waals surface area contributed by atoms with Gasteiger partial charge in [-0.05, 0) is 19.3 Å². The summed E-state index contributed by atoms with van der Waals surface area (Å²) >= 11 is 0. The van der Waals surface area contributed by atoms with E-state index >= 15 is 0 Å². The number of rotatable bonds is 1. The lowest BCUT2D eigenvalue weighted by atomic mass is 9.93. The third-order valence-electron chi connectivity index (χ3n) is 2.40. The molecule has 0 aliphatic carbocycles. The van der Waals surface area contributed by atoms with Crippen LogP contribution >= 0.6 is 0 Å². The van der Waals surface area contributed by atoms with Crippen molar-refractivity contribution in [2.24, 2.45) is 0 Å². The maximum atomic E-state index is 10.3. The molecule has 1 saturated heterocycles. The van der Waals surface area contributed by atoms with Gasteiger partial charge in [0.1, 0.15) is 0 Å². The lowest BCUT2D eigenvalue weighted by Crippen LogP contribution is -2.48. The monoisotopic (exact) mass is 136 g/mol. The Morgan fingerprint density at radius 2 is 2.50 bits per heavy atom. The van der Waals surface area contributed by atoms with E-state index in [-0.39, 0.29) is 0 Å².